The SMILES string of the molecule is CCCCCCCCC/C=C/C(O)C(COP(=O)(O)OCCN)NC(=O)CC(O)CCCCCCCCCCCCCCCCCC. The molecule has 4 unspecified atom stereocenters. The molecule has 0 rings (SSSR count). The van der Waals surface area contributed by atoms with Crippen molar-refractivity contribution in [2.24, 2.45) is 5.73 Å². The number of hydrogen-bond donors (Lipinski definition) is 5. The molecule has 47 heavy (non-hydrogen) atoms. The molecule has 0 fully saturated rings. The van der Waals surface area contributed by atoms with Crippen LogP contribution in [-0.2, 0) is 18.4 Å². The van der Waals surface area contributed by atoms with Gasteiger partial charge in [0, 0.05) is 6.54 Å². The minimum Gasteiger partial charge on any atom is -0.393 e. The second-order valence-electron chi connectivity index (χ2n) is 13.3. The van der Waals surface area contributed by atoms with Crippen molar-refractivity contribution in [3.05, 3.63) is 12.2 Å². The van der Waals surface area contributed by atoms with E-state index in [1.807, 2.05) is 6.08 Å². The number of nitrogens with two attached hydrogens (primary N) is 1. The number of carbonyl (C=O) groups is 1. The third-order valence-corrected chi connectivity index (χ3v) is 9.65. The van der Waals surface area contributed by atoms with Crippen LogP contribution in [0.4, 0.5) is 0 Å². The predicted molar refractivity (Wildman–Crippen MR) is 195 cm³/mol. The summed E-state index contributed by atoms with van der Waals surface area (Å²) in [4.78, 5) is 22.6. The summed E-state index contributed by atoms with van der Waals surface area (Å²) in [6, 6.07) is -0.975. The normalized spacial score (nSPS) is 15.1. The minimum atomic E-state index is -4.38. The zero-order chi connectivity index (χ0) is 34.9. The van der Waals surface area contributed by atoms with Gasteiger partial charge in [-0.3, -0.25) is 13.8 Å². The van der Waals surface area contributed by atoms with Gasteiger partial charge in [-0.2, -0.15) is 0 Å². The van der Waals surface area contributed by atoms with Gasteiger partial charge in [-0.05, 0) is 19.3 Å². The van der Waals surface area contributed by atoms with E-state index in [9.17, 15) is 24.5 Å². The lowest BCUT2D eigenvalue weighted by Crippen LogP contribution is -2.46. The van der Waals surface area contributed by atoms with E-state index in [0.717, 1.165) is 38.5 Å². The Hall–Kier alpha value is -0.800. The van der Waals surface area contributed by atoms with Crippen LogP contribution in [0.1, 0.15) is 181 Å². The quantitative estimate of drug-likeness (QED) is 0.0248. The highest BCUT2D eigenvalue weighted by Crippen LogP contribution is 2.43. The lowest BCUT2D eigenvalue weighted by Gasteiger charge is -2.24. The lowest BCUT2D eigenvalue weighted by molar-refractivity contribution is -0.124. The number of hydrogen-bond acceptors (Lipinski definition) is 7. The number of phosphoric ester groups is 1. The Morgan fingerprint density at radius 2 is 1.17 bits per heavy atom. The summed E-state index contributed by atoms with van der Waals surface area (Å²) in [6.07, 6.45) is 31.6. The van der Waals surface area contributed by atoms with Crippen LogP contribution < -0.4 is 11.1 Å². The molecule has 0 aliphatic rings. The maximum absolute atomic E-state index is 12.7. The van der Waals surface area contributed by atoms with Crippen LogP contribution in [0.25, 0.3) is 0 Å². The summed E-state index contributed by atoms with van der Waals surface area (Å²) in [7, 11) is -4.38. The van der Waals surface area contributed by atoms with E-state index in [2.05, 4.69) is 19.2 Å². The first-order chi connectivity index (χ1) is 22.8. The van der Waals surface area contributed by atoms with Gasteiger partial charge in [0.2, 0.25) is 5.91 Å². The highest BCUT2D eigenvalue weighted by atomic mass is 31.2. The van der Waals surface area contributed by atoms with Gasteiger partial charge in [-0.25, -0.2) is 4.57 Å². The molecule has 10 heteroatoms. The standard InChI is InChI=1S/C37H75N2O7P/c1-3-5-7-9-11-13-14-15-16-17-18-19-21-22-24-26-28-34(40)32-37(42)39-35(33-46-47(43,44)45-31-30-38)36(41)29-27-25-23-20-12-10-8-6-4-2/h27,29,34-36,40-41H,3-26,28,30-33,38H2,1-2H3,(H,39,42)(H,43,44)/b29-27+. The molecule has 0 heterocycles. The van der Waals surface area contributed by atoms with E-state index in [1.165, 1.54) is 116 Å². The van der Waals surface area contributed by atoms with Crippen molar-refractivity contribution < 1.29 is 33.5 Å². The maximum Gasteiger partial charge on any atom is 0.472 e. The van der Waals surface area contributed by atoms with Crippen molar-refractivity contribution in [1.82, 2.24) is 5.32 Å². The second kappa shape index (κ2) is 33.7. The van der Waals surface area contributed by atoms with E-state index in [4.69, 9.17) is 14.8 Å². The molecular weight excluding hydrogens is 615 g/mol. The molecule has 0 aromatic carbocycles. The van der Waals surface area contributed by atoms with Crippen LogP contribution in [0.5, 0.6) is 0 Å². The molecule has 4 atom stereocenters. The molecule has 0 aromatic rings. The summed E-state index contributed by atoms with van der Waals surface area (Å²) in [5.74, 6) is -0.447. The van der Waals surface area contributed by atoms with Crippen LogP contribution in [0.15, 0.2) is 12.2 Å². The van der Waals surface area contributed by atoms with Crippen molar-refractivity contribution >= 4 is 13.7 Å². The monoisotopic (exact) mass is 691 g/mol. The van der Waals surface area contributed by atoms with E-state index in [1.54, 1.807) is 6.08 Å². The molecule has 6 N–H and O–H groups in total. The number of phosphoric acid groups is 1. The van der Waals surface area contributed by atoms with Gasteiger partial charge < -0.3 is 26.2 Å². The van der Waals surface area contributed by atoms with Crippen LogP contribution in [0.2, 0.25) is 0 Å². The van der Waals surface area contributed by atoms with Crippen molar-refractivity contribution in [1.29, 1.82) is 0 Å². The highest BCUT2D eigenvalue weighted by molar-refractivity contribution is 7.47. The second-order valence-corrected chi connectivity index (χ2v) is 14.8. The van der Waals surface area contributed by atoms with E-state index >= 15 is 0 Å². The number of nitrogens with one attached hydrogen (secondary N) is 1. The Morgan fingerprint density at radius 3 is 1.64 bits per heavy atom. The summed E-state index contributed by atoms with van der Waals surface area (Å²) in [5.41, 5.74) is 5.33. The summed E-state index contributed by atoms with van der Waals surface area (Å²) in [6.45, 7) is 3.93. The Kier molecular flexibility index (Phi) is 33.1. The minimum absolute atomic E-state index is 0.0509. The van der Waals surface area contributed by atoms with Crippen molar-refractivity contribution in [2.45, 2.75) is 199 Å². The molecule has 0 saturated carbocycles. The number of rotatable bonds is 36. The molecule has 0 saturated heterocycles. The van der Waals surface area contributed by atoms with Gasteiger partial charge in [0.15, 0.2) is 0 Å². The average Bonchev–Trinajstić information content (AvgIpc) is 3.04. The molecule has 1 amide bonds. The number of amides is 1. The van der Waals surface area contributed by atoms with Gasteiger partial charge in [-0.15, -0.1) is 0 Å². The van der Waals surface area contributed by atoms with Gasteiger partial charge in [0.25, 0.3) is 0 Å². The fourth-order valence-electron chi connectivity index (χ4n) is 5.70. The van der Waals surface area contributed by atoms with Crippen molar-refractivity contribution in [3.63, 3.8) is 0 Å². The molecule has 0 aromatic heterocycles. The Morgan fingerprint density at radius 1 is 0.723 bits per heavy atom. The first-order valence-electron chi connectivity index (χ1n) is 19.4. The number of allylic oxidation sites excluding steroid dienone is 1. The third-order valence-electron chi connectivity index (χ3n) is 8.67. The Bertz CT molecular complexity index is 771. The molecule has 0 radical (unpaired) electrons. The lowest BCUT2D eigenvalue weighted by atomic mass is 10.0. The van der Waals surface area contributed by atoms with Gasteiger partial charge in [0.05, 0.1) is 37.9 Å². The van der Waals surface area contributed by atoms with Crippen LogP contribution >= 0.6 is 7.82 Å². The van der Waals surface area contributed by atoms with Crippen LogP contribution in [-0.4, -0.2) is 59.0 Å². The number of aliphatic hydroxyl groups is 2. The zero-order valence-electron chi connectivity index (χ0n) is 30.4. The van der Waals surface area contributed by atoms with E-state index in [0.29, 0.717) is 6.42 Å². The summed E-state index contributed by atoms with van der Waals surface area (Å²) in [5, 5.41) is 23.9. The number of aliphatic hydroxyl groups excluding tert-OH is 2. The number of carbonyl (C=O) groups excluding carboxylic acids is 1. The van der Waals surface area contributed by atoms with Gasteiger partial charge in [-0.1, -0.05) is 167 Å². The first-order valence-corrected chi connectivity index (χ1v) is 20.9. The zero-order valence-corrected chi connectivity index (χ0v) is 31.3. The summed E-state index contributed by atoms with van der Waals surface area (Å²) >= 11 is 0. The van der Waals surface area contributed by atoms with E-state index < -0.39 is 38.6 Å². The number of unbranched alkanes of at least 4 members (excludes halogenated alkanes) is 22. The molecular formula is C37H75N2O7P. The fraction of sp³-hybridized carbons (Fsp3) is 0.919. The molecule has 0 spiro atoms. The van der Waals surface area contributed by atoms with E-state index in [-0.39, 0.29) is 19.6 Å². The predicted octanol–water partition coefficient (Wildman–Crippen LogP) is 9.02. The fourth-order valence-corrected chi connectivity index (χ4v) is 6.46. The first kappa shape index (κ1) is 46.2. The smallest absolute Gasteiger partial charge is 0.393 e. The van der Waals surface area contributed by atoms with Crippen LogP contribution in [0, 0.1) is 0 Å². The molecule has 0 aliphatic heterocycles. The molecule has 0 aliphatic carbocycles. The van der Waals surface area contributed by atoms with Gasteiger partial charge in [0.1, 0.15) is 0 Å². The van der Waals surface area contributed by atoms with Gasteiger partial charge >= 0.3 is 7.82 Å². The van der Waals surface area contributed by atoms with Crippen molar-refractivity contribution in [3.8, 4) is 0 Å². The Balaban J connectivity index is 4.29. The topological polar surface area (TPSA) is 151 Å². The molecule has 9 nitrogen and oxygen atoms in total. The Labute approximate surface area is 288 Å². The van der Waals surface area contributed by atoms with Crippen molar-refractivity contribution in [2.75, 3.05) is 19.8 Å². The molecule has 280 valence electrons. The average molecular weight is 691 g/mol. The maximum atomic E-state index is 12.7. The third kappa shape index (κ3) is 32.2. The molecule has 0 bridgehead atoms. The largest absolute Gasteiger partial charge is 0.472 e. The van der Waals surface area contributed by atoms with Crippen LogP contribution in [0.3, 0.4) is 0 Å². The highest BCUT2D eigenvalue weighted by Gasteiger charge is 2.27. The summed E-state index contributed by atoms with van der Waals surface area (Å²) < 4.78 is 21.9.